The van der Waals surface area contributed by atoms with Crippen molar-refractivity contribution in [2.24, 2.45) is 0 Å². The Morgan fingerprint density at radius 3 is 2.62 bits per heavy atom. The Hall–Kier alpha value is -3.22. The lowest BCUT2D eigenvalue weighted by Crippen LogP contribution is -2.36. The summed E-state index contributed by atoms with van der Waals surface area (Å²) in [6.45, 7) is 1.98. The van der Waals surface area contributed by atoms with Gasteiger partial charge in [0.1, 0.15) is 5.76 Å². The maximum atomic E-state index is 12.4. The van der Waals surface area contributed by atoms with Crippen molar-refractivity contribution in [3.8, 4) is 11.5 Å². The molecular formula is C19H22N2O5. The van der Waals surface area contributed by atoms with Crippen LogP contribution in [0.3, 0.4) is 0 Å². The highest BCUT2D eigenvalue weighted by atomic mass is 16.5. The second kappa shape index (κ2) is 9.31. The Balaban J connectivity index is 2.02. The number of hydrogen-bond donors (Lipinski definition) is 2. The zero-order chi connectivity index (χ0) is 18.9. The van der Waals surface area contributed by atoms with E-state index >= 15 is 0 Å². The van der Waals surface area contributed by atoms with Gasteiger partial charge in [-0.25, -0.2) is 0 Å². The summed E-state index contributed by atoms with van der Waals surface area (Å²) in [5.41, 5.74) is 1.08. The van der Waals surface area contributed by atoms with E-state index in [1.807, 2.05) is 19.1 Å². The lowest BCUT2D eigenvalue weighted by atomic mass is 10.1. The summed E-state index contributed by atoms with van der Waals surface area (Å²) in [6, 6.07) is 6.74. The quantitative estimate of drug-likeness (QED) is 0.756. The Morgan fingerprint density at radius 2 is 2.00 bits per heavy atom. The number of ether oxygens (including phenoxy) is 2. The fourth-order valence-electron chi connectivity index (χ4n) is 2.35. The number of methoxy groups -OCH3 is 2. The molecule has 0 fully saturated rings. The fraction of sp³-hybridized carbons (Fsp3) is 0.263. The molecule has 0 aliphatic heterocycles. The molecule has 0 aliphatic rings. The van der Waals surface area contributed by atoms with E-state index in [9.17, 15) is 9.59 Å². The highest BCUT2D eigenvalue weighted by Crippen LogP contribution is 2.33. The van der Waals surface area contributed by atoms with E-state index in [1.54, 1.807) is 24.3 Å². The minimum atomic E-state index is -0.384. The molecule has 0 radical (unpaired) electrons. The number of benzene rings is 1. The van der Waals surface area contributed by atoms with E-state index in [-0.39, 0.29) is 24.9 Å². The third kappa shape index (κ3) is 4.89. The first-order valence-electron chi connectivity index (χ1n) is 8.05. The van der Waals surface area contributed by atoms with Gasteiger partial charge in [0.05, 0.1) is 33.6 Å². The molecular weight excluding hydrogens is 336 g/mol. The van der Waals surface area contributed by atoms with Gasteiger partial charge >= 0.3 is 0 Å². The number of nitrogens with one attached hydrogen (secondary N) is 2. The molecule has 0 atom stereocenters. The van der Waals surface area contributed by atoms with E-state index < -0.39 is 0 Å². The standard InChI is InChI=1S/C19H22N2O5/c1-4-6-13-9-14(10-16(24-2)18(13)25-3)19(23)21-12-17(22)20-11-15-7-5-8-26-15/h4-10H,11-12H2,1-3H3,(H,20,22)(H,21,23). The third-order valence-electron chi connectivity index (χ3n) is 3.57. The number of carbonyl (C=O) groups is 2. The number of hydrogen-bond acceptors (Lipinski definition) is 5. The van der Waals surface area contributed by atoms with Crippen LogP contribution in [0.4, 0.5) is 0 Å². The third-order valence-corrected chi connectivity index (χ3v) is 3.57. The second-order valence-electron chi connectivity index (χ2n) is 5.34. The molecule has 0 saturated carbocycles. The van der Waals surface area contributed by atoms with Crippen LogP contribution >= 0.6 is 0 Å². The summed E-state index contributed by atoms with van der Waals surface area (Å²) in [4.78, 5) is 24.2. The second-order valence-corrected chi connectivity index (χ2v) is 5.34. The Kier molecular flexibility index (Phi) is 6.84. The molecule has 0 saturated heterocycles. The minimum absolute atomic E-state index is 0.146. The molecule has 0 aliphatic carbocycles. The molecule has 0 spiro atoms. The van der Waals surface area contributed by atoms with Gasteiger partial charge < -0.3 is 24.5 Å². The van der Waals surface area contributed by atoms with Crippen LogP contribution in [0.2, 0.25) is 0 Å². The molecule has 0 unspecified atom stereocenters. The molecule has 2 amide bonds. The molecule has 2 rings (SSSR count). The summed E-state index contributed by atoms with van der Waals surface area (Å²) in [6.07, 6.45) is 5.18. The van der Waals surface area contributed by atoms with E-state index in [0.717, 1.165) is 0 Å². The largest absolute Gasteiger partial charge is 0.493 e. The van der Waals surface area contributed by atoms with E-state index in [4.69, 9.17) is 13.9 Å². The molecule has 138 valence electrons. The average molecular weight is 358 g/mol. The van der Waals surface area contributed by atoms with Gasteiger partial charge in [-0.3, -0.25) is 9.59 Å². The SMILES string of the molecule is CC=Cc1cc(C(=O)NCC(=O)NCc2ccco2)cc(OC)c1OC. The first-order chi connectivity index (χ1) is 12.6. The first kappa shape index (κ1) is 19.1. The lowest BCUT2D eigenvalue weighted by molar-refractivity contribution is -0.120. The van der Waals surface area contributed by atoms with Crippen molar-refractivity contribution in [3.05, 3.63) is 53.5 Å². The summed E-state index contributed by atoms with van der Waals surface area (Å²) in [7, 11) is 3.04. The van der Waals surface area contributed by atoms with Crippen LogP contribution < -0.4 is 20.1 Å². The van der Waals surface area contributed by atoms with Crippen LogP contribution in [0.25, 0.3) is 6.08 Å². The van der Waals surface area contributed by atoms with E-state index in [1.165, 1.54) is 20.5 Å². The minimum Gasteiger partial charge on any atom is -0.493 e. The molecule has 7 heteroatoms. The van der Waals surface area contributed by atoms with Crippen LogP contribution in [0.1, 0.15) is 28.6 Å². The molecule has 1 heterocycles. The summed E-state index contributed by atoms with van der Waals surface area (Å²) in [5.74, 6) is 0.920. The van der Waals surface area contributed by atoms with Crippen LogP contribution in [-0.2, 0) is 11.3 Å². The molecule has 0 bridgehead atoms. The first-order valence-corrected chi connectivity index (χ1v) is 8.05. The number of allylic oxidation sites excluding steroid dienone is 1. The Bertz CT molecular complexity index is 781. The topological polar surface area (TPSA) is 89.8 Å². The van der Waals surface area contributed by atoms with Gasteiger partial charge in [0, 0.05) is 11.1 Å². The number of carbonyl (C=O) groups excluding carboxylic acids is 2. The predicted octanol–water partition coefficient (Wildman–Crippen LogP) is 2.38. The predicted molar refractivity (Wildman–Crippen MR) is 97.1 cm³/mol. The van der Waals surface area contributed by atoms with Crippen molar-refractivity contribution in [2.75, 3.05) is 20.8 Å². The molecule has 1 aromatic heterocycles. The van der Waals surface area contributed by atoms with Gasteiger partial charge in [-0.15, -0.1) is 0 Å². The van der Waals surface area contributed by atoms with Gasteiger partial charge in [-0.05, 0) is 31.2 Å². The van der Waals surface area contributed by atoms with Crippen molar-refractivity contribution in [3.63, 3.8) is 0 Å². The molecule has 26 heavy (non-hydrogen) atoms. The Labute approximate surface area is 152 Å². The molecule has 2 aromatic rings. The van der Waals surface area contributed by atoms with Crippen molar-refractivity contribution in [1.29, 1.82) is 0 Å². The number of rotatable bonds is 8. The zero-order valence-corrected chi connectivity index (χ0v) is 15.0. The van der Waals surface area contributed by atoms with Crippen molar-refractivity contribution >= 4 is 17.9 Å². The van der Waals surface area contributed by atoms with E-state index in [2.05, 4.69) is 10.6 Å². The normalized spacial score (nSPS) is 10.6. The molecule has 1 aromatic carbocycles. The van der Waals surface area contributed by atoms with Gasteiger partial charge in [0.25, 0.3) is 5.91 Å². The number of furan rings is 1. The van der Waals surface area contributed by atoms with Crippen LogP contribution in [0.5, 0.6) is 11.5 Å². The van der Waals surface area contributed by atoms with Gasteiger partial charge in [0.15, 0.2) is 11.5 Å². The highest BCUT2D eigenvalue weighted by Gasteiger charge is 2.15. The average Bonchev–Trinajstić information content (AvgIpc) is 3.17. The Morgan fingerprint density at radius 1 is 1.19 bits per heavy atom. The van der Waals surface area contributed by atoms with Crippen LogP contribution in [-0.4, -0.2) is 32.6 Å². The zero-order valence-electron chi connectivity index (χ0n) is 15.0. The van der Waals surface area contributed by atoms with Crippen LogP contribution in [0.15, 0.2) is 41.0 Å². The summed E-state index contributed by atoms with van der Waals surface area (Å²) >= 11 is 0. The smallest absolute Gasteiger partial charge is 0.251 e. The van der Waals surface area contributed by atoms with Crippen molar-refractivity contribution in [2.45, 2.75) is 13.5 Å². The maximum Gasteiger partial charge on any atom is 0.251 e. The van der Waals surface area contributed by atoms with Crippen molar-refractivity contribution < 1.29 is 23.5 Å². The molecule has 2 N–H and O–H groups in total. The number of amides is 2. The maximum absolute atomic E-state index is 12.4. The molecule has 7 nitrogen and oxygen atoms in total. The monoisotopic (exact) mass is 358 g/mol. The van der Waals surface area contributed by atoms with Gasteiger partial charge in [-0.1, -0.05) is 12.2 Å². The van der Waals surface area contributed by atoms with Crippen molar-refractivity contribution in [1.82, 2.24) is 10.6 Å². The van der Waals surface area contributed by atoms with Crippen LogP contribution in [0, 0.1) is 0 Å². The fourth-order valence-corrected chi connectivity index (χ4v) is 2.35. The summed E-state index contributed by atoms with van der Waals surface area (Å²) < 4.78 is 15.8. The van der Waals surface area contributed by atoms with E-state index in [0.29, 0.717) is 28.4 Å². The van der Waals surface area contributed by atoms with Gasteiger partial charge in [-0.2, -0.15) is 0 Å². The van der Waals surface area contributed by atoms with Gasteiger partial charge in [0.2, 0.25) is 5.91 Å². The highest BCUT2D eigenvalue weighted by molar-refractivity contribution is 5.97. The lowest BCUT2D eigenvalue weighted by Gasteiger charge is -2.13. The summed E-state index contributed by atoms with van der Waals surface area (Å²) in [5, 5.41) is 5.25.